The molecule has 3 aromatic rings. The van der Waals surface area contributed by atoms with Crippen molar-refractivity contribution in [1.82, 2.24) is 5.32 Å². The highest BCUT2D eigenvalue weighted by Gasteiger charge is 2.41. The highest BCUT2D eigenvalue weighted by Crippen LogP contribution is 2.46. The number of hydrogen-bond acceptors (Lipinski definition) is 6. The molecule has 1 aliphatic carbocycles. The van der Waals surface area contributed by atoms with Crippen molar-refractivity contribution < 1.29 is 23.8 Å². The van der Waals surface area contributed by atoms with Gasteiger partial charge in [-0.15, -0.1) is 0 Å². The number of hydrogen-bond donors (Lipinski definition) is 2. The van der Waals surface area contributed by atoms with Crippen molar-refractivity contribution in [2.75, 3.05) is 26.6 Å². The van der Waals surface area contributed by atoms with E-state index in [-0.39, 0.29) is 17.6 Å². The van der Waals surface area contributed by atoms with Crippen LogP contribution in [0.4, 0.5) is 5.69 Å². The van der Waals surface area contributed by atoms with Crippen LogP contribution in [-0.2, 0) is 9.59 Å². The molecule has 7 heteroatoms. The fraction of sp³-hybridized carbons (Fsp3) is 0.273. The van der Waals surface area contributed by atoms with E-state index < -0.39 is 5.92 Å². The molecule has 7 nitrogen and oxygen atoms in total. The van der Waals surface area contributed by atoms with E-state index in [2.05, 4.69) is 10.6 Å². The van der Waals surface area contributed by atoms with Crippen molar-refractivity contribution in [3.8, 4) is 17.2 Å². The number of anilines is 1. The average molecular weight is 539 g/mol. The number of carbonyl (C=O) groups excluding carboxylic acids is 2. The summed E-state index contributed by atoms with van der Waals surface area (Å²) >= 11 is 0. The lowest BCUT2D eigenvalue weighted by molar-refractivity contribution is -0.116. The third-order valence-electron chi connectivity index (χ3n) is 7.71. The molecule has 1 amide bonds. The minimum atomic E-state index is -0.508. The van der Waals surface area contributed by atoms with Crippen molar-refractivity contribution in [1.29, 1.82) is 0 Å². The molecule has 5 rings (SSSR count). The van der Waals surface area contributed by atoms with Crippen molar-refractivity contribution in [3.63, 3.8) is 0 Å². The second kappa shape index (κ2) is 11.3. The molecule has 1 aliphatic heterocycles. The van der Waals surface area contributed by atoms with Crippen molar-refractivity contribution in [2.45, 2.75) is 38.5 Å². The van der Waals surface area contributed by atoms with Gasteiger partial charge in [-0.25, -0.2) is 0 Å². The quantitative estimate of drug-likeness (QED) is 0.383. The van der Waals surface area contributed by atoms with Crippen LogP contribution in [0.3, 0.4) is 0 Å². The lowest BCUT2D eigenvalue weighted by Gasteiger charge is -2.37. The second-order valence-corrected chi connectivity index (χ2v) is 10.2. The summed E-state index contributed by atoms with van der Waals surface area (Å²) in [5.74, 6) is 1.22. The van der Waals surface area contributed by atoms with Crippen molar-refractivity contribution >= 4 is 17.4 Å². The number of rotatable bonds is 7. The fourth-order valence-corrected chi connectivity index (χ4v) is 5.65. The first kappa shape index (κ1) is 27.1. The zero-order chi connectivity index (χ0) is 28.4. The van der Waals surface area contributed by atoms with Gasteiger partial charge in [-0.05, 0) is 73.7 Å². The van der Waals surface area contributed by atoms with Gasteiger partial charge in [0.1, 0.15) is 5.75 Å². The molecule has 0 unspecified atom stereocenters. The summed E-state index contributed by atoms with van der Waals surface area (Å²) in [6, 6.07) is 21.1. The van der Waals surface area contributed by atoms with Crippen LogP contribution < -0.4 is 24.8 Å². The summed E-state index contributed by atoms with van der Waals surface area (Å²) in [4.78, 5) is 27.7. The van der Waals surface area contributed by atoms with Gasteiger partial charge in [0.25, 0.3) is 5.91 Å². The zero-order valence-electron chi connectivity index (χ0n) is 23.5. The Morgan fingerprint density at radius 1 is 0.825 bits per heavy atom. The van der Waals surface area contributed by atoms with E-state index in [0.29, 0.717) is 46.9 Å². The van der Waals surface area contributed by atoms with Crippen molar-refractivity contribution in [3.05, 3.63) is 106 Å². The van der Waals surface area contributed by atoms with Gasteiger partial charge in [-0.3, -0.25) is 9.59 Å². The largest absolute Gasteiger partial charge is 0.497 e. The molecular weight excluding hydrogens is 504 g/mol. The Bertz CT molecular complexity index is 1500. The number of allylic oxidation sites excluding steroid dienone is 3. The zero-order valence-corrected chi connectivity index (χ0v) is 23.5. The molecule has 0 aromatic heterocycles. The van der Waals surface area contributed by atoms with Crippen LogP contribution >= 0.6 is 0 Å². The van der Waals surface area contributed by atoms with Gasteiger partial charge in [0.15, 0.2) is 17.3 Å². The van der Waals surface area contributed by atoms with E-state index in [4.69, 9.17) is 14.2 Å². The Labute approximate surface area is 234 Å². The van der Waals surface area contributed by atoms with Crippen LogP contribution in [0.2, 0.25) is 0 Å². The molecule has 0 bridgehead atoms. The number of dihydropyridines is 1. The minimum absolute atomic E-state index is 0.0162. The third kappa shape index (κ3) is 5.19. The number of aryl methyl sites for hydroxylation is 1. The Morgan fingerprint density at radius 2 is 1.50 bits per heavy atom. The molecule has 0 radical (unpaired) electrons. The molecule has 2 atom stereocenters. The topological polar surface area (TPSA) is 85.9 Å². The third-order valence-corrected chi connectivity index (χ3v) is 7.71. The molecule has 2 aliphatic rings. The first-order valence-corrected chi connectivity index (χ1v) is 13.3. The highest BCUT2D eigenvalue weighted by atomic mass is 16.5. The first-order valence-electron chi connectivity index (χ1n) is 13.3. The lowest BCUT2D eigenvalue weighted by atomic mass is 9.71. The Kier molecular flexibility index (Phi) is 7.65. The molecule has 0 spiro atoms. The maximum absolute atomic E-state index is 13.9. The van der Waals surface area contributed by atoms with E-state index in [1.807, 2.05) is 80.6 Å². The van der Waals surface area contributed by atoms with E-state index in [1.54, 1.807) is 21.3 Å². The SMILES string of the molecule is COc1ccc([C@H]2C(C(=O)Nc3ccc(C)cc3)=C(C)NC3=C2C(=O)C[C@@H](c2ccc(OC)c(OC)c2)C3)cc1. The molecule has 2 N–H and O–H groups in total. The van der Waals surface area contributed by atoms with E-state index in [0.717, 1.165) is 28.1 Å². The van der Waals surface area contributed by atoms with E-state index >= 15 is 0 Å². The molecule has 0 fully saturated rings. The fourth-order valence-electron chi connectivity index (χ4n) is 5.65. The summed E-state index contributed by atoms with van der Waals surface area (Å²) in [6.45, 7) is 3.90. The predicted molar refractivity (Wildman–Crippen MR) is 155 cm³/mol. The normalized spacial score (nSPS) is 18.6. The van der Waals surface area contributed by atoms with Gasteiger partial charge < -0.3 is 24.8 Å². The standard InChI is InChI=1S/C33H34N2O5/c1-19-6-11-24(12-7-19)35-33(37)30-20(2)34-26-16-23(22-10-15-28(39-4)29(18-22)40-5)17-27(36)32(26)31(30)21-8-13-25(38-3)14-9-21/h6-15,18,23,31,34H,16-17H2,1-5H3,(H,35,37)/t23-,31-/m0/s1. The van der Waals surface area contributed by atoms with E-state index in [1.165, 1.54) is 0 Å². The molecule has 40 heavy (non-hydrogen) atoms. The number of amides is 1. The Balaban J connectivity index is 1.54. The van der Waals surface area contributed by atoms with Crippen LogP contribution in [0.1, 0.15) is 48.3 Å². The summed E-state index contributed by atoms with van der Waals surface area (Å²) in [7, 11) is 4.82. The van der Waals surface area contributed by atoms with Crippen LogP contribution in [-0.4, -0.2) is 33.0 Å². The number of nitrogens with one attached hydrogen (secondary N) is 2. The maximum atomic E-state index is 13.9. The number of ether oxygens (including phenoxy) is 3. The number of ketones is 1. The van der Waals surface area contributed by atoms with Gasteiger partial charge in [-0.1, -0.05) is 35.9 Å². The molecule has 0 saturated heterocycles. The monoisotopic (exact) mass is 538 g/mol. The Hall–Kier alpha value is -4.52. The molecular formula is C33H34N2O5. The minimum Gasteiger partial charge on any atom is -0.497 e. The van der Waals surface area contributed by atoms with Gasteiger partial charge in [0, 0.05) is 40.6 Å². The summed E-state index contributed by atoms with van der Waals surface area (Å²) < 4.78 is 16.3. The maximum Gasteiger partial charge on any atom is 0.254 e. The van der Waals surface area contributed by atoms with Gasteiger partial charge in [0.2, 0.25) is 0 Å². The smallest absolute Gasteiger partial charge is 0.254 e. The van der Waals surface area contributed by atoms with E-state index in [9.17, 15) is 9.59 Å². The van der Waals surface area contributed by atoms with Gasteiger partial charge in [0.05, 0.1) is 21.3 Å². The lowest BCUT2D eigenvalue weighted by Crippen LogP contribution is -2.37. The van der Waals surface area contributed by atoms with Crippen LogP contribution in [0.15, 0.2) is 89.3 Å². The van der Waals surface area contributed by atoms with Gasteiger partial charge >= 0.3 is 0 Å². The first-order chi connectivity index (χ1) is 19.3. The number of methoxy groups -OCH3 is 3. The highest BCUT2D eigenvalue weighted by molar-refractivity contribution is 6.10. The van der Waals surface area contributed by atoms with Crippen molar-refractivity contribution in [2.24, 2.45) is 0 Å². The number of Topliss-reactive ketones (excluding diaryl/α,β-unsaturated/α-hetero) is 1. The van der Waals surface area contributed by atoms with Crippen LogP contribution in [0, 0.1) is 6.92 Å². The molecule has 206 valence electrons. The number of benzene rings is 3. The van der Waals surface area contributed by atoms with Crippen LogP contribution in [0.25, 0.3) is 0 Å². The molecule has 3 aromatic carbocycles. The van der Waals surface area contributed by atoms with Gasteiger partial charge in [-0.2, -0.15) is 0 Å². The number of carbonyl (C=O) groups is 2. The second-order valence-electron chi connectivity index (χ2n) is 10.2. The molecule has 0 saturated carbocycles. The average Bonchev–Trinajstić information content (AvgIpc) is 2.97. The summed E-state index contributed by atoms with van der Waals surface area (Å²) in [5, 5.41) is 6.48. The predicted octanol–water partition coefficient (Wildman–Crippen LogP) is 6.02. The summed E-state index contributed by atoms with van der Waals surface area (Å²) in [6.07, 6.45) is 0.960. The summed E-state index contributed by atoms with van der Waals surface area (Å²) in [5.41, 5.74) is 6.42. The molecule has 1 heterocycles. The van der Waals surface area contributed by atoms with Crippen LogP contribution in [0.5, 0.6) is 17.2 Å². The Morgan fingerprint density at radius 3 is 2.15 bits per heavy atom.